The zero-order valence-electron chi connectivity index (χ0n) is 16.1. The molecule has 0 bridgehead atoms. The number of amides is 1. The fourth-order valence-corrected chi connectivity index (χ4v) is 4.45. The number of carbonyl (C=O) groups excluding carboxylic acids is 1. The number of piperazine rings is 1. The first-order valence-electron chi connectivity index (χ1n) is 9.57. The van der Waals surface area contributed by atoms with Gasteiger partial charge in [-0.1, -0.05) is 29.3 Å². The van der Waals surface area contributed by atoms with Gasteiger partial charge in [-0.15, -0.1) is 0 Å². The Morgan fingerprint density at radius 1 is 1.00 bits per heavy atom. The van der Waals surface area contributed by atoms with Crippen LogP contribution in [0.25, 0.3) is 10.9 Å². The van der Waals surface area contributed by atoms with Gasteiger partial charge in [0.1, 0.15) is 5.69 Å². The zero-order chi connectivity index (χ0) is 19.8. The highest BCUT2D eigenvalue weighted by Gasteiger charge is 2.27. The Morgan fingerprint density at radius 2 is 1.71 bits per heavy atom. The lowest BCUT2D eigenvalue weighted by atomic mass is 10.1. The molecule has 0 N–H and O–H groups in total. The molecule has 0 atom stereocenters. The maximum Gasteiger partial charge on any atom is 0.270 e. The van der Waals surface area contributed by atoms with Gasteiger partial charge in [-0.25, -0.2) is 0 Å². The van der Waals surface area contributed by atoms with Gasteiger partial charge in [-0.2, -0.15) is 0 Å². The molecule has 1 amide bonds. The van der Waals surface area contributed by atoms with Gasteiger partial charge in [0.2, 0.25) is 0 Å². The molecule has 146 valence electrons. The number of halogens is 2. The van der Waals surface area contributed by atoms with Crippen molar-refractivity contribution < 1.29 is 4.79 Å². The van der Waals surface area contributed by atoms with E-state index in [4.69, 9.17) is 23.2 Å². The molecule has 3 aromatic rings. The third-order valence-corrected chi connectivity index (χ3v) is 6.01. The molecule has 6 heteroatoms. The number of rotatable bonds is 3. The van der Waals surface area contributed by atoms with Crippen molar-refractivity contribution in [3.63, 3.8) is 0 Å². The van der Waals surface area contributed by atoms with E-state index in [2.05, 4.69) is 22.5 Å². The Kier molecular flexibility index (Phi) is 5.26. The second kappa shape index (κ2) is 7.69. The maximum absolute atomic E-state index is 13.4. The van der Waals surface area contributed by atoms with Crippen LogP contribution in [-0.4, -0.2) is 41.6 Å². The second-order valence-corrected chi connectivity index (χ2v) is 8.01. The number of benzene rings is 2. The lowest BCUT2D eigenvalue weighted by Gasteiger charge is -2.36. The number of carbonyl (C=O) groups is 1. The molecule has 4 nitrogen and oxygen atoms in total. The van der Waals surface area contributed by atoms with Gasteiger partial charge >= 0.3 is 0 Å². The highest BCUT2D eigenvalue weighted by molar-refractivity contribution is 6.31. The number of hydrogen-bond donors (Lipinski definition) is 0. The van der Waals surface area contributed by atoms with Crippen molar-refractivity contribution in [2.24, 2.45) is 0 Å². The lowest BCUT2D eigenvalue weighted by Crippen LogP contribution is -2.49. The van der Waals surface area contributed by atoms with Gasteiger partial charge in [-0.05, 0) is 55.8 Å². The summed E-state index contributed by atoms with van der Waals surface area (Å²) >= 11 is 12.3. The van der Waals surface area contributed by atoms with E-state index in [1.807, 2.05) is 48.2 Å². The third-order valence-electron chi connectivity index (χ3n) is 5.54. The average Bonchev–Trinajstić information content (AvgIpc) is 2.98. The van der Waals surface area contributed by atoms with E-state index < -0.39 is 0 Å². The number of anilines is 1. The molecule has 2 heterocycles. The molecule has 0 unspecified atom stereocenters. The minimum atomic E-state index is 0.0948. The number of fused-ring (bicyclic) bond motifs is 1. The van der Waals surface area contributed by atoms with Crippen LogP contribution in [0.4, 0.5) is 5.69 Å². The fourth-order valence-electron chi connectivity index (χ4n) is 4.09. The van der Waals surface area contributed by atoms with Gasteiger partial charge in [0, 0.05) is 59.4 Å². The minimum absolute atomic E-state index is 0.0948. The smallest absolute Gasteiger partial charge is 0.270 e. The Bertz CT molecular complexity index is 1040. The van der Waals surface area contributed by atoms with Crippen molar-refractivity contribution in [3.05, 3.63) is 63.8 Å². The summed E-state index contributed by atoms with van der Waals surface area (Å²) in [5.41, 5.74) is 3.94. The number of aromatic nitrogens is 1. The topological polar surface area (TPSA) is 28.5 Å². The molecule has 1 aliphatic heterocycles. The van der Waals surface area contributed by atoms with E-state index >= 15 is 0 Å². The number of aryl methyl sites for hydroxylation is 2. The third kappa shape index (κ3) is 3.36. The van der Waals surface area contributed by atoms with Gasteiger partial charge < -0.3 is 14.4 Å². The summed E-state index contributed by atoms with van der Waals surface area (Å²) in [5, 5.41) is 2.48. The van der Waals surface area contributed by atoms with Crippen LogP contribution in [0.2, 0.25) is 10.0 Å². The van der Waals surface area contributed by atoms with Crippen molar-refractivity contribution in [2.45, 2.75) is 20.4 Å². The van der Waals surface area contributed by atoms with Crippen molar-refractivity contribution >= 4 is 45.7 Å². The first-order chi connectivity index (χ1) is 13.5. The van der Waals surface area contributed by atoms with E-state index in [1.54, 1.807) is 0 Å². The highest BCUT2D eigenvalue weighted by Crippen LogP contribution is 2.30. The van der Waals surface area contributed by atoms with Gasteiger partial charge in [0.15, 0.2) is 0 Å². The monoisotopic (exact) mass is 415 g/mol. The van der Waals surface area contributed by atoms with Crippen molar-refractivity contribution in [1.29, 1.82) is 0 Å². The highest BCUT2D eigenvalue weighted by atomic mass is 35.5. The SMILES string of the molecule is CCn1c(C(=O)N2CCN(c3cccc(Cl)c3)CC2)c(C)c2cc(Cl)ccc21. The molecule has 0 aliphatic carbocycles. The van der Waals surface area contributed by atoms with Crippen LogP contribution in [0.5, 0.6) is 0 Å². The standard InChI is InChI=1S/C22H23Cl2N3O/c1-3-27-20-8-7-17(24)14-19(20)15(2)21(27)22(28)26-11-9-25(10-12-26)18-6-4-5-16(23)13-18/h4-8,13-14H,3,9-12H2,1-2H3. The Morgan fingerprint density at radius 3 is 2.39 bits per heavy atom. The maximum atomic E-state index is 13.4. The zero-order valence-corrected chi connectivity index (χ0v) is 17.6. The number of nitrogens with zero attached hydrogens (tertiary/aromatic N) is 3. The van der Waals surface area contributed by atoms with E-state index in [1.165, 1.54) is 0 Å². The van der Waals surface area contributed by atoms with Crippen LogP contribution in [0.3, 0.4) is 0 Å². The van der Waals surface area contributed by atoms with Crippen LogP contribution in [0.15, 0.2) is 42.5 Å². The molecule has 4 rings (SSSR count). The summed E-state index contributed by atoms with van der Waals surface area (Å²) in [7, 11) is 0. The molecule has 1 aliphatic rings. The van der Waals surface area contributed by atoms with Crippen LogP contribution >= 0.6 is 23.2 Å². The van der Waals surface area contributed by atoms with Gasteiger partial charge in [-0.3, -0.25) is 4.79 Å². The van der Waals surface area contributed by atoms with Crippen molar-refractivity contribution in [3.8, 4) is 0 Å². The predicted octanol–water partition coefficient (Wildman–Crippen LogP) is 5.24. The predicted molar refractivity (Wildman–Crippen MR) is 117 cm³/mol. The molecule has 1 saturated heterocycles. The summed E-state index contributed by atoms with van der Waals surface area (Å²) in [4.78, 5) is 17.6. The molecular weight excluding hydrogens is 393 g/mol. The van der Waals surface area contributed by atoms with E-state index in [0.717, 1.165) is 52.5 Å². The summed E-state index contributed by atoms with van der Waals surface area (Å²) in [6.45, 7) is 7.80. The fraction of sp³-hybridized carbons (Fsp3) is 0.318. The molecule has 2 aromatic carbocycles. The molecule has 0 saturated carbocycles. The Hall–Kier alpha value is -2.17. The Labute approximate surface area is 175 Å². The van der Waals surface area contributed by atoms with E-state index in [9.17, 15) is 4.79 Å². The number of hydrogen-bond acceptors (Lipinski definition) is 2. The summed E-state index contributed by atoms with van der Waals surface area (Å²) in [6.07, 6.45) is 0. The molecule has 0 radical (unpaired) electrons. The lowest BCUT2D eigenvalue weighted by molar-refractivity contribution is 0.0735. The van der Waals surface area contributed by atoms with Crippen molar-refractivity contribution in [2.75, 3.05) is 31.1 Å². The first-order valence-corrected chi connectivity index (χ1v) is 10.3. The second-order valence-electron chi connectivity index (χ2n) is 7.14. The van der Waals surface area contributed by atoms with Crippen LogP contribution < -0.4 is 4.90 Å². The van der Waals surface area contributed by atoms with Gasteiger partial charge in [0.25, 0.3) is 5.91 Å². The molecule has 1 fully saturated rings. The minimum Gasteiger partial charge on any atom is -0.368 e. The summed E-state index contributed by atoms with van der Waals surface area (Å²) in [6, 6.07) is 13.7. The molecule has 1 aromatic heterocycles. The molecular formula is C22H23Cl2N3O. The molecule has 28 heavy (non-hydrogen) atoms. The normalized spacial score (nSPS) is 14.7. The quantitative estimate of drug-likeness (QED) is 0.584. The molecule has 0 spiro atoms. The Balaban J connectivity index is 1.58. The summed E-state index contributed by atoms with van der Waals surface area (Å²) < 4.78 is 2.10. The largest absolute Gasteiger partial charge is 0.368 e. The average molecular weight is 416 g/mol. The van der Waals surface area contributed by atoms with Gasteiger partial charge in [0.05, 0.1) is 0 Å². The van der Waals surface area contributed by atoms with Crippen molar-refractivity contribution in [1.82, 2.24) is 9.47 Å². The van der Waals surface area contributed by atoms with Crippen LogP contribution in [-0.2, 0) is 6.54 Å². The van der Waals surface area contributed by atoms with Crippen LogP contribution in [0, 0.1) is 6.92 Å². The summed E-state index contributed by atoms with van der Waals surface area (Å²) in [5.74, 6) is 0.0948. The van der Waals surface area contributed by atoms with E-state index in [-0.39, 0.29) is 5.91 Å². The van der Waals surface area contributed by atoms with Crippen LogP contribution in [0.1, 0.15) is 23.0 Å². The first kappa shape index (κ1) is 19.2. The van der Waals surface area contributed by atoms with E-state index in [0.29, 0.717) is 18.1 Å².